The lowest BCUT2D eigenvalue weighted by molar-refractivity contribution is -0.125. The summed E-state index contributed by atoms with van der Waals surface area (Å²) in [4.78, 5) is 36.9. The molecule has 2 aliphatic rings. The van der Waals surface area contributed by atoms with Crippen LogP contribution in [0.15, 0.2) is 18.5 Å². The molecule has 3 amide bonds. The molecule has 0 unspecified atom stereocenters. The van der Waals surface area contributed by atoms with E-state index in [-0.39, 0.29) is 24.5 Å². The molecule has 1 N–H and O–H groups in total. The Morgan fingerprint density at radius 2 is 2.12 bits per heavy atom. The number of halogens is 1. The maximum atomic E-state index is 13.9. The summed E-state index contributed by atoms with van der Waals surface area (Å²) in [5.41, 5.74) is 0. The Bertz CT molecular complexity index is 600. The van der Waals surface area contributed by atoms with Crippen molar-refractivity contribution < 1.29 is 14.0 Å². The van der Waals surface area contributed by atoms with Gasteiger partial charge in [0.15, 0.2) is 0 Å². The lowest BCUT2D eigenvalue weighted by atomic mass is 10.2. The molecule has 0 aromatic carbocycles. The van der Waals surface area contributed by atoms with E-state index in [0.29, 0.717) is 45.0 Å². The van der Waals surface area contributed by atoms with Crippen LogP contribution in [0.5, 0.6) is 0 Å². The third kappa shape index (κ3) is 4.49. The molecule has 2 atom stereocenters. The van der Waals surface area contributed by atoms with Gasteiger partial charge in [0.05, 0.1) is 13.1 Å². The standard InChI is InChI=1S/C16H23FN6O2/c1-21(5-6-23-15(24)8-20-16(23)25)10-13-7-12(17)9-22(13)11-14-18-3-2-4-19-14/h2-4,12-13H,5-11H2,1H3,(H,20,25)/t12-,13-/m0/s1. The number of alkyl halides is 1. The van der Waals surface area contributed by atoms with E-state index < -0.39 is 6.17 Å². The van der Waals surface area contributed by atoms with E-state index in [2.05, 4.69) is 20.2 Å². The molecule has 0 spiro atoms. The van der Waals surface area contributed by atoms with Gasteiger partial charge in [-0.2, -0.15) is 0 Å². The van der Waals surface area contributed by atoms with Gasteiger partial charge in [-0.15, -0.1) is 0 Å². The Kier molecular flexibility index (Phi) is 5.54. The number of amides is 3. The topological polar surface area (TPSA) is 81.7 Å². The Balaban J connectivity index is 1.51. The second-order valence-corrected chi connectivity index (χ2v) is 6.55. The normalized spacial score (nSPS) is 24.4. The van der Waals surface area contributed by atoms with Crippen LogP contribution in [0, 0.1) is 0 Å². The summed E-state index contributed by atoms with van der Waals surface area (Å²) in [7, 11) is 1.92. The number of likely N-dealkylation sites (tertiary alicyclic amines) is 1. The van der Waals surface area contributed by atoms with Crippen molar-refractivity contribution in [3.8, 4) is 0 Å². The summed E-state index contributed by atoms with van der Waals surface area (Å²) >= 11 is 0. The molecule has 0 bridgehead atoms. The van der Waals surface area contributed by atoms with Crippen LogP contribution in [0.4, 0.5) is 9.18 Å². The summed E-state index contributed by atoms with van der Waals surface area (Å²) < 4.78 is 13.9. The van der Waals surface area contributed by atoms with E-state index in [0.717, 1.165) is 0 Å². The van der Waals surface area contributed by atoms with E-state index in [1.807, 2.05) is 11.9 Å². The van der Waals surface area contributed by atoms with Crippen molar-refractivity contribution in [2.45, 2.75) is 25.2 Å². The van der Waals surface area contributed by atoms with Crippen LogP contribution < -0.4 is 5.32 Å². The number of hydrogen-bond acceptors (Lipinski definition) is 6. The zero-order valence-corrected chi connectivity index (χ0v) is 14.3. The van der Waals surface area contributed by atoms with Gasteiger partial charge in [-0.25, -0.2) is 19.2 Å². The molecule has 0 aliphatic carbocycles. The monoisotopic (exact) mass is 350 g/mol. The number of imide groups is 1. The highest BCUT2D eigenvalue weighted by atomic mass is 19.1. The van der Waals surface area contributed by atoms with E-state index in [9.17, 15) is 14.0 Å². The molecule has 0 radical (unpaired) electrons. The predicted octanol–water partition coefficient (Wildman–Crippen LogP) is -0.127. The molecule has 9 heteroatoms. The van der Waals surface area contributed by atoms with Crippen molar-refractivity contribution in [3.05, 3.63) is 24.3 Å². The van der Waals surface area contributed by atoms with E-state index in [1.165, 1.54) is 4.90 Å². The minimum absolute atomic E-state index is 0.0620. The molecule has 1 aromatic heterocycles. The molecular weight excluding hydrogens is 327 g/mol. The van der Waals surface area contributed by atoms with Gasteiger partial charge in [-0.3, -0.25) is 14.6 Å². The van der Waals surface area contributed by atoms with Crippen molar-refractivity contribution >= 4 is 11.9 Å². The summed E-state index contributed by atoms with van der Waals surface area (Å²) in [6.07, 6.45) is 2.99. The van der Waals surface area contributed by atoms with Crippen LogP contribution >= 0.6 is 0 Å². The number of nitrogens with zero attached hydrogens (tertiary/aromatic N) is 5. The third-order valence-corrected chi connectivity index (χ3v) is 4.61. The lowest BCUT2D eigenvalue weighted by Gasteiger charge is -2.28. The van der Waals surface area contributed by atoms with Crippen molar-refractivity contribution in [1.29, 1.82) is 0 Å². The quantitative estimate of drug-likeness (QED) is 0.690. The fourth-order valence-electron chi connectivity index (χ4n) is 3.30. The van der Waals surface area contributed by atoms with Crippen LogP contribution in [0.2, 0.25) is 0 Å². The lowest BCUT2D eigenvalue weighted by Crippen LogP contribution is -2.42. The fourth-order valence-corrected chi connectivity index (χ4v) is 3.30. The first-order valence-corrected chi connectivity index (χ1v) is 8.43. The average Bonchev–Trinajstić information content (AvgIpc) is 3.08. The van der Waals surface area contributed by atoms with Gasteiger partial charge >= 0.3 is 6.03 Å². The van der Waals surface area contributed by atoms with Gasteiger partial charge in [0.25, 0.3) is 0 Å². The summed E-state index contributed by atoms with van der Waals surface area (Å²) in [5.74, 6) is 0.481. The van der Waals surface area contributed by atoms with Crippen LogP contribution in [-0.4, -0.2) is 88.6 Å². The molecule has 2 saturated heterocycles. The fraction of sp³-hybridized carbons (Fsp3) is 0.625. The Morgan fingerprint density at radius 1 is 1.36 bits per heavy atom. The van der Waals surface area contributed by atoms with Crippen LogP contribution in [0.25, 0.3) is 0 Å². The number of likely N-dealkylation sites (N-methyl/N-ethyl adjacent to an activating group) is 1. The van der Waals surface area contributed by atoms with Gasteiger partial charge in [-0.05, 0) is 19.5 Å². The maximum Gasteiger partial charge on any atom is 0.324 e. The molecule has 1 aromatic rings. The minimum Gasteiger partial charge on any atom is -0.329 e. The van der Waals surface area contributed by atoms with Crippen LogP contribution in [0.1, 0.15) is 12.2 Å². The average molecular weight is 350 g/mol. The summed E-state index contributed by atoms with van der Waals surface area (Å²) in [5, 5.41) is 2.50. The number of urea groups is 1. The molecule has 2 aliphatic heterocycles. The largest absolute Gasteiger partial charge is 0.329 e. The molecule has 3 rings (SSSR count). The van der Waals surface area contributed by atoms with Gasteiger partial charge in [0, 0.05) is 44.6 Å². The number of rotatable bonds is 7. The smallest absolute Gasteiger partial charge is 0.324 e. The van der Waals surface area contributed by atoms with Gasteiger partial charge in [0.2, 0.25) is 5.91 Å². The first-order chi connectivity index (χ1) is 12.0. The predicted molar refractivity (Wildman–Crippen MR) is 88.4 cm³/mol. The van der Waals surface area contributed by atoms with Gasteiger partial charge < -0.3 is 10.2 Å². The first-order valence-electron chi connectivity index (χ1n) is 8.43. The Labute approximate surface area is 146 Å². The molecular formula is C16H23FN6O2. The van der Waals surface area contributed by atoms with Crippen molar-refractivity contribution in [3.63, 3.8) is 0 Å². The number of carbonyl (C=O) groups excluding carboxylic acids is 2. The maximum absolute atomic E-state index is 13.9. The van der Waals surface area contributed by atoms with E-state index >= 15 is 0 Å². The highest BCUT2D eigenvalue weighted by molar-refractivity contribution is 6.01. The summed E-state index contributed by atoms with van der Waals surface area (Å²) in [6, 6.07) is 1.48. The third-order valence-electron chi connectivity index (χ3n) is 4.61. The zero-order chi connectivity index (χ0) is 17.8. The number of nitrogens with one attached hydrogen (secondary N) is 1. The Hall–Kier alpha value is -2.13. The highest BCUT2D eigenvalue weighted by Gasteiger charge is 2.33. The molecule has 136 valence electrons. The highest BCUT2D eigenvalue weighted by Crippen LogP contribution is 2.22. The van der Waals surface area contributed by atoms with Gasteiger partial charge in [-0.1, -0.05) is 0 Å². The molecule has 3 heterocycles. The van der Waals surface area contributed by atoms with E-state index in [1.54, 1.807) is 18.5 Å². The minimum atomic E-state index is -0.854. The zero-order valence-electron chi connectivity index (χ0n) is 14.3. The van der Waals surface area contributed by atoms with E-state index in [4.69, 9.17) is 0 Å². The number of hydrogen-bond donors (Lipinski definition) is 1. The SMILES string of the molecule is CN(CCN1C(=O)CNC1=O)C[C@@H]1C[C@H](F)CN1Cc1ncccn1. The van der Waals surface area contributed by atoms with Crippen LogP contribution in [0.3, 0.4) is 0 Å². The molecule has 0 saturated carbocycles. The van der Waals surface area contributed by atoms with Crippen molar-refractivity contribution in [2.24, 2.45) is 0 Å². The summed E-state index contributed by atoms with van der Waals surface area (Å²) in [6.45, 7) is 2.53. The number of aromatic nitrogens is 2. The van der Waals surface area contributed by atoms with Gasteiger partial charge in [0.1, 0.15) is 12.0 Å². The molecule has 2 fully saturated rings. The van der Waals surface area contributed by atoms with Crippen LogP contribution in [-0.2, 0) is 11.3 Å². The second-order valence-electron chi connectivity index (χ2n) is 6.55. The molecule has 25 heavy (non-hydrogen) atoms. The Morgan fingerprint density at radius 3 is 2.80 bits per heavy atom. The number of carbonyl (C=O) groups is 2. The molecule has 8 nitrogen and oxygen atoms in total. The second kappa shape index (κ2) is 7.83. The van der Waals surface area contributed by atoms with Crippen molar-refractivity contribution in [2.75, 3.05) is 39.8 Å². The van der Waals surface area contributed by atoms with Crippen molar-refractivity contribution in [1.82, 2.24) is 30.0 Å². The first kappa shape index (κ1) is 17.7.